The number of rotatable bonds is 8. The zero-order valence-electron chi connectivity index (χ0n) is 15.2. The molecule has 0 aliphatic carbocycles. The van der Waals surface area contributed by atoms with E-state index in [0.717, 1.165) is 35.9 Å². The Bertz CT molecular complexity index is 629. The zero-order chi connectivity index (χ0) is 19.9. The molecule has 8 heteroatoms. The first kappa shape index (κ1) is 22.3. The molecule has 0 aliphatic rings. The topological polar surface area (TPSA) is 40.6 Å². The fourth-order valence-electron chi connectivity index (χ4n) is 2.61. The third-order valence-corrected chi connectivity index (χ3v) is 4.15. The van der Waals surface area contributed by atoms with Crippen molar-refractivity contribution in [3.05, 3.63) is 28.8 Å². The number of halogens is 4. The van der Waals surface area contributed by atoms with Gasteiger partial charge in [0.05, 0.1) is 16.3 Å². The lowest BCUT2D eigenvalue weighted by Gasteiger charge is -2.26. The zero-order valence-corrected chi connectivity index (χ0v) is 16.0. The quantitative estimate of drug-likeness (QED) is 0.640. The molecule has 0 bridgehead atoms. The Hall–Kier alpha value is -1.76. The predicted molar refractivity (Wildman–Crippen MR) is 96.3 cm³/mol. The molecule has 0 saturated heterocycles. The normalized spacial score (nSPS) is 11.3. The second-order valence-electron chi connectivity index (χ2n) is 5.97. The van der Waals surface area contributed by atoms with E-state index in [1.165, 1.54) is 6.92 Å². The van der Waals surface area contributed by atoms with Crippen LogP contribution in [0.3, 0.4) is 0 Å². The van der Waals surface area contributed by atoms with E-state index in [1.807, 2.05) is 13.8 Å². The third kappa shape index (κ3) is 6.20. The van der Waals surface area contributed by atoms with Crippen LogP contribution < -0.4 is 4.90 Å². The van der Waals surface area contributed by atoms with E-state index in [2.05, 4.69) is 0 Å². The summed E-state index contributed by atoms with van der Waals surface area (Å²) in [7, 11) is 0. The molecule has 0 radical (unpaired) electrons. The minimum absolute atomic E-state index is 0.0200. The highest BCUT2D eigenvalue weighted by molar-refractivity contribution is 6.33. The van der Waals surface area contributed by atoms with Crippen LogP contribution in [-0.2, 0) is 15.8 Å². The molecule has 0 unspecified atom stereocenters. The molecule has 0 N–H and O–H groups in total. The Labute approximate surface area is 156 Å². The lowest BCUT2D eigenvalue weighted by molar-refractivity contribution is -0.137. The largest absolute Gasteiger partial charge is 0.416 e. The summed E-state index contributed by atoms with van der Waals surface area (Å²) in [6.45, 7) is 6.34. The minimum Gasteiger partial charge on any atom is -0.343 e. The van der Waals surface area contributed by atoms with Gasteiger partial charge in [0.2, 0.25) is 11.8 Å². The van der Waals surface area contributed by atoms with Gasteiger partial charge in [0.15, 0.2) is 0 Å². The summed E-state index contributed by atoms with van der Waals surface area (Å²) in [6.07, 6.45) is -2.91. The highest BCUT2D eigenvalue weighted by atomic mass is 35.5. The van der Waals surface area contributed by atoms with Crippen LogP contribution in [-0.4, -0.2) is 36.3 Å². The van der Waals surface area contributed by atoms with Crippen LogP contribution in [0.5, 0.6) is 0 Å². The Morgan fingerprint density at radius 1 is 1.08 bits per heavy atom. The van der Waals surface area contributed by atoms with E-state index in [9.17, 15) is 22.8 Å². The molecule has 0 spiro atoms. The molecule has 1 aromatic rings. The monoisotopic (exact) mass is 392 g/mol. The molecule has 1 aromatic carbocycles. The lowest BCUT2D eigenvalue weighted by atomic mass is 10.1. The highest BCUT2D eigenvalue weighted by Gasteiger charge is 2.32. The van der Waals surface area contributed by atoms with Crippen LogP contribution >= 0.6 is 11.6 Å². The summed E-state index contributed by atoms with van der Waals surface area (Å²) in [5.74, 6) is -0.611. The molecule has 4 nitrogen and oxygen atoms in total. The van der Waals surface area contributed by atoms with Crippen molar-refractivity contribution in [3.8, 4) is 0 Å². The maximum atomic E-state index is 12.9. The summed E-state index contributed by atoms with van der Waals surface area (Å²) in [5, 5.41) is 0.0274. The molecule has 0 aromatic heterocycles. The summed E-state index contributed by atoms with van der Waals surface area (Å²) < 4.78 is 38.8. The first-order chi connectivity index (χ1) is 12.1. The standard InChI is InChI=1S/C18H24ClF3N2O2/c1-4-9-23(10-5-2)17(26)8-11-24(13(3)25)16-12-14(18(20,21)22)6-7-15(16)19/h6-7,12H,4-5,8-11H2,1-3H3. The van der Waals surface area contributed by atoms with E-state index in [1.54, 1.807) is 4.90 Å². The summed E-state index contributed by atoms with van der Waals surface area (Å²) in [4.78, 5) is 27.1. The third-order valence-electron chi connectivity index (χ3n) is 3.83. The van der Waals surface area contributed by atoms with Crippen molar-refractivity contribution in [2.45, 2.75) is 46.2 Å². The SMILES string of the molecule is CCCN(CCC)C(=O)CCN(C(C)=O)c1cc(C(F)(F)F)ccc1Cl. The van der Waals surface area contributed by atoms with Crippen molar-refractivity contribution in [2.75, 3.05) is 24.5 Å². The average molecular weight is 393 g/mol. The van der Waals surface area contributed by atoms with Crippen molar-refractivity contribution in [1.82, 2.24) is 4.90 Å². The van der Waals surface area contributed by atoms with Crippen molar-refractivity contribution < 1.29 is 22.8 Å². The van der Waals surface area contributed by atoms with E-state index < -0.39 is 17.6 Å². The number of alkyl halides is 3. The van der Waals surface area contributed by atoms with Gasteiger partial charge in [-0.05, 0) is 31.0 Å². The maximum Gasteiger partial charge on any atom is 0.416 e. The van der Waals surface area contributed by atoms with Crippen molar-refractivity contribution in [3.63, 3.8) is 0 Å². The minimum atomic E-state index is -4.54. The van der Waals surface area contributed by atoms with Gasteiger partial charge in [-0.2, -0.15) is 13.2 Å². The van der Waals surface area contributed by atoms with E-state index in [0.29, 0.717) is 13.1 Å². The van der Waals surface area contributed by atoms with Gasteiger partial charge in [-0.1, -0.05) is 25.4 Å². The fourth-order valence-corrected chi connectivity index (χ4v) is 2.83. The first-order valence-electron chi connectivity index (χ1n) is 8.54. The molecule has 26 heavy (non-hydrogen) atoms. The molecule has 0 saturated carbocycles. The van der Waals surface area contributed by atoms with Gasteiger partial charge in [-0.3, -0.25) is 9.59 Å². The molecule has 0 fully saturated rings. The van der Waals surface area contributed by atoms with Crippen LogP contribution in [0.2, 0.25) is 5.02 Å². The van der Waals surface area contributed by atoms with Gasteiger partial charge in [-0.25, -0.2) is 0 Å². The number of benzene rings is 1. The van der Waals surface area contributed by atoms with Crippen LogP contribution in [0.1, 0.15) is 45.6 Å². The number of carbonyl (C=O) groups is 2. The predicted octanol–water partition coefficient (Wildman–Crippen LogP) is 4.75. The smallest absolute Gasteiger partial charge is 0.343 e. The number of anilines is 1. The first-order valence-corrected chi connectivity index (χ1v) is 8.92. The molecule has 0 atom stereocenters. The summed E-state index contributed by atoms with van der Waals surface area (Å²) in [5.41, 5.74) is -0.938. The van der Waals surface area contributed by atoms with E-state index in [4.69, 9.17) is 11.6 Å². The van der Waals surface area contributed by atoms with E-state index in [-0.39, 0.29) is 29.6 Å². The second kappa shape index (κ2) is 9.80. The molecule has 1 rings (SSSR count). The van der Waals surface area contributed by atoms with Gasteiger partial charge in [0.25, 0.3) is 0 Å². The number of hydrogen-bond donors (Lipinski definition) is 0. The van der Waals surface area contributed by atoms with Gasteiger partial charge in [0, 0.05) is 33.0 Å². The average Bonchev–Trinajstić information content (AvgIpc) is 2.54. The van der Waals surface area contributed by atoms with Gasteiger partial charge >= 0.3 is 6.18 Å². The second-order valence-corrected chi connectivity index (χ2v) is 6.37. The molecule has 0 aliphatic heterocycles. The maximum absolute atomic E-state index is 12.9. The molecule has 146 valence electrons. The highest BCUT2D eigenvalue weighted by Crippen LogP contribution is 2.35. The van der Waals surface area contributed by atoms with Gasteiger partial charge in [0.1, 0.15) is 0 Å². The van der Waals surface area contributed by atoms with E-state index >= 15 is 0 Å². The van der Waals surface area contributed by atoms with Crippen LogP contribution in [0.25, 0.3) is 0 Å². The van der Waals surface area contributed by atoms with Crippen molar-refractivity contribution in [2.24, 2.45) is 0 Å². The number of carbonyl (C=O) groups excluding carboxylic acids is 2. The molecule has 2 amide bonds. The summed E-state index contributed by atoms with van der Waals surface area (Å²) in [6, 6.07) is 2.81. The number of hydrogen-bond acceptors (Lipinski definition) is 2. The fraction of sp³-hybridized carbons (Fsp3) is 0.556. The van der Waals surface area contributed by atoms with Crippen molar-refractivity contribution >= 4 is 29.1 Å². The molecular formula is C18H24ClF3N2O2. The Morgan fingerprint density at radius 2 is 1.65 bits per heavy atom. The number of amides is 2. The lowest BCUT2D eigenvalue weighted by Crippen LogP contribution is -2.37. The number of nitrogens with zero attached hydrogens (tertiary/aromatic N) is 2. The van der Waals surface area contributed by atoms with Gasteiger partial charge in [-0.15, -0.1) is 0 Å². The summed E-state index contributed by atoms with van der Waals surface area (Å²) >= 11 is 6.01. The Balaban J connectivity index is 3.00. The van der Waals surface area contributed by atoms with Crippen LogP contribution in [0.15, 0.2) is 18.2 Å². The van der Waals surface area contributed by atoms with Crippen molar-refractivity contribution in [1.29, 1.82) is 0 Å². The molecule has 0 heterocycles. The van der Waals surface area contributed by atoms with Crippen LogP contribution in [0, 0.1) is 0 Å². The Morgan fingerprint density at radius 3 is 2.12 bits per heavy atom. The Kier molecular flexibility index (Phi) is 8.40. The van der Waals surface area contributed by atoms with Crippen LogP contribution in [0.4, 0.5) is 18.9 Å². The van der Waals surface area contributed by atoms with Gasteiger partial charge < -0.3 is 9.80 Å². The molecular weight excluding hydrogens is 369 g/mol.